The van der Waals surface area contributed by atoms with E-state index in [0.29, 0.717) is 5.01 Å². The second-order valence-electron chi connectivity index (χ2n) is 12.1. The minimum atomic E-state index is -1.12. The number of hydrogen-bond acceptors (Lipinski definition) is 8. The maximum Gasteiger partial charge on any atom is 0.273 e. The van der Waals surface area contributed by atoms with Crippen LogP contribution in [0.2, 0.25) is 0 Å². The highest BCUT2D eigenvalue weighted by atomic mass is 32.1. The van der Waals surface area contributed by atoms with E-state index in [1.165, 1.54) is 21.1 Å². The number of nitrogens with zero attached hydrogens (tertiary/aromatic N) is 3. The third-order valence-electron chi connectivity index (χ3n) is 8.65. The summed E-state index contributed by atoms with van der Waals surface area (Å²) >= 11 is 1.30. The summed E-state index contributed by atoms with van der Waals surface area (Å²) in [4.78, 5) is 78.8. The van der Waals surface area contributed by atoms with Crippen LogP contribution in [0.1, 0.15) is 33.0 Å². The molecule has 13 nitrogen and oxygen atoms in total. The monoisotopic (exact) mass is 671 g/mol. The van der Waals surface area contributed by atoms with Crippen molar-refractivity contribution in [1.82, 2.24) is 35.7 Å². The molecule has 250 valence electrons. The SMILES string of the molecule is Cc1nc(C(=O)N2CCNC(=O)[C@H](Cc3ccccc3)NC(=O)[C@@H]3C[C@@H](O)CN3C(=O)[C@@H](Cc3c[nH]c4ccccc34)NC(=O)C2)cs1. The van der Waals surface area contributed by atoms with Gasteiger partial charge in [-0.25, -0.2) is 4.98 Å². The molecule has 6 rings (SSSR count). The zero-order valence-corrected chi connectivity index (χ0v) is 27.2. The van der Waals surface area contributed by atoms with Crippen LogP contribution in [0, 0.1) is 6.92 Å². The number of para-hydroxylation sites is 1. The first kappa shape index (κ1) is 32.8. The summed E-state index contributed by atoms with van der Waals surface area (Å²) in [6, 6.07) is 13.5. The standard InChI is InChI=1S/C34H37N7O6S/c1-20-37-28(19-48-20)33(46)40-12-11-35-31(44)26(13-21-7-3-2-4-8-21)39-32(45)29-15-23(42)17-41(29)34(47)27(38-30(43)18-40)14-22-16-36-25-10-6-5-9-24(22)25/h2-10,16,19,23,26-27,29,36,42H,11-15,17-18H2,1H3,(H,35,44)(H,38,43)(H,39,45)/t23-,26+,27-,29+/m1/s1. The van der Waals surface area contributed by atoms with Crippen LogP contribution in [0.4, 0.5) is 0 Å². The van der Waals surface area contributed by atoms with Gasteiger partial charge in [0.2, 0.25) is 23.6 Å². The molecule has 2 aliphatic rings. The second-order valence-corrected chi connectivity index (χ2v) is 13.2. The number of aliphatic hydroxyl groups excluding tert-OH is 1. The van der Waals surface area contributed by atoms with Crippen molar-refractivity contribution in [2.45, 2.75) is 50.4 Å². The number of H-pyrrole nitrogens is 1. The van der Waals surface area contributed by atoms with Crippen LogP contribution in [0.5, 0.6) is 0 Å². The molecule has 48 heavy (non-hydrogen) atoms. The molecule has 0 spiro atoms. The quantitative estimate of drug-likeness (QED) is 0.210. The topological polar surface area (TPSA) is 177 Å². The number of aryl methyl sites for hydroxylation is 1. The number of carbonyl (C=O) groups is 5. The summed E-state index contributed by atoms with van der Waals surface area (Å²) < 4.78 is 0. The zero-order chi connectivity index (χ0) is 33.8. The molecule has 2 saturated heterocycles. The van der Waals surface area contributed by atoms with Crippen molar-refractivity contribution >= 4 is 51.8 Å². The molecule has 0 saturated carbocycles. The second kappa shape index (κ2) is 14.4. The summed E-state index contributed by atoms with van der Waals surface area (Å²) in [5.74, 6) is -2.73. The molecule has 2 fully saturated rings. The van der Waals surface area contributed by atoms with Crippen LogP contribution in [0.25, 0.3) is 10.9 Å². The number of aromatic amines is 1. The lowest BCUT2D eigenvalue weighted by Gasteiger charge is -2.30. The maximum absolute atomic E-state index is 14.3. The first-order valence-corrected chi connectivity index (χ1v) is 16.7. The molecule has 2 aliphatic heterocycles. The summed E-state index contributed by atoms with van der Waals surface area (Å²) in [6.07, 6.45) is 1.02. The number of hydrogen-bond donors (Lipinski definition) is 5. The van der Waals surface area contributed by atoms with E-state index in [2.05, 4.69) is 25.9 Å². The summed E-state index contributed by atoms with van der Waals surface area (Å²) in [7, 11) is 0. The van der Waals surface area contributed by atoms with Crippen molar-refractivity contribution in [2.75, 3.05) is 26.2 Å². The molecular formula is C34H37N7O6S. The fourth-order valence-corrected chi connectivity index (χ4v) is 6.87. The van der Waals surface area contributed by atoms with Crippen molar-refractivity contribution in [3.63, 3.8) is 0 Å². The minimum Gasteiger partial charge on any atom is -0.391 e. The Labute approximate surface area is 280 Å². The molecular weight excluding hydrogens is 634 g/mol. The fourth-order valence-electron chi connectivity index (χ4n) is 6.28. The highest BCUT2D eigenvalue weighted by Crippen LogP contribution is 2.24. The number of benzene rings is 2. The molecule has 0 bridgehead atoms. The lowest BCUT2D eigenvalue weighted by atomic mass is 10.0. The van der Waals surface area contributed by atoms with Gasteiger partial charge in [0.25, 0.3) is 5.91 Å². The number of nitrogens with one attached hydrogen (secondary N) is 4. The summed E-state index contributed by atoms with van der Waals surface area (Å²) in [5.41, 5.74) is 2.60. The van der Waals surface area contributed by atoms with Gasteiger partial charge in [0, 0.05) is 61.4 Å². The number of fused-ring (bicyclic) bond motifs is 2. The predicted octanol–water partition coefficient (Wildman–Crippen LogP) is 0.922. The van der Waals surface area contributed by atoms with Crippen molar-refractivity contribution in [1.29, 1.82) is 0 Å². The van der Waals surface area contributed by atoms with Gasteiger partial charge >= 0.3 is 0 Å². The molecule has 0 radical (unpaired) electrons. The Bertz CT molecular complexity index is 1820. The van der Waals surface area contributed by atoms with Crippen LogP contribution in [0.3, 0.4) is 0 Å². The van der Waals surface area contributed by atoms with E-state index < -0.39 is 60.3 Å². The minimum absolute atomic E-state index is 0.00585. The first-order chi connectivity index (χ1) is 23.2. The van der Waals surface area contributed by atoms with E-state index in [9.17, 15) is 29.1 Å². The molecule has 5 amide bonds. The molecule has 2 aromatic carbocycles. The Morgan fingerprint density at radius 3 is 2.52 bits per heavy atom. The van der Waals surface area contributed by atoms with Crippen molar-refractivity contribution in [2.24, 2.45) is 0 Å². The van der Waals surface area contributed by atoms with Gasteiger partial charge in [-0.3, -0.25) is 24.0 Å². The Hall–Kier alpha value is -5.08. The van der Waals surface area contributed by atoms with Gasteiger partial charge < -0.3 is 35.8 Å². The van der Waals surface area contributed by atoms with E-state index in [1.807, 2.05) is 54.6 Å². The molecule has 0 aliphatic carbocycles. The largest absolute Gasteiger partial charge is 0.391 e. The smallest absolute Gasteiger partial charge is 0.273 e. The highest BCUT2D eigenvalue weighted by Gasteiger charge is 2.43. The fraction of sp³-hybridized carbons (Fsp3) is 0.353. The first-order valence-electron chi connectivity index (χ1n) is 15.8. The van der Waals surface area contributed by atoms with Gasteiger partial charge in [-0.1, -0.05) is 48.5 Å². The number of thiazole rings is 1. The predicted molar refractivity (Wildman–Crippen MR) is 178 cm³/mol. The van der Waals surface area contributed by atoms with Crippen LogP contribution >= 0.6 is 11.3 Å². The van der Waals surface area contributed by atoms with Gasteiger partial charge in [-0.05, 0) is 24.1 Å². The molecule has 14 heteroatoms. The Morgan fingerprint density at radius 1 is 0.979 bits per heavy atom. The van der Waals surface area contributed by atoms with Crippen LogP contribution < -0.4 is 16.0 Å². The third kappa shape index (κ3) is 7.39. The Kier molecular flexibility index (Phi) is 9.82. The van der Waals surface area contributed by atoms with Gasteiger partial charge in [0.15, 0.2) is 0 Å². The van der Waals surface area contributed by atoms with Crippen molar-refractivity contribution in [3.05, 3.63) is 88.0 Å². The van der Waals surface area contributed by atoms with E-state index in [0.717, 1.165) is 22.0 Å². The zero-order valence-electron chi connectivity index (χ0n) is 26.3. The van der Waals surface area contributed by atoms with Crippen molar-refractivity contribution < 1.29 is 29.1 Å². The molecule has 2 aromatic heterocycles. The van der Waals surface area contributed by atoms with Crippen LogP contribution in [-0.4, -0.2) is 105 Å². The third-order valence-corrected chi connectivity index (χ3v) is 9.43. The van der Waals surface area contributed by atoms with Gasteiger partial charge in [-0.15, -0.1) is 11.3 Å². The number of amides is 5. The van der Waals surface area contributed by atoms with Crippen LogP contribution in [-0.2, 0) is 32.0 Å². The number of aliphatic hydroxyl groups is 1. The highest BCUT2D eigenvalue weighted by molar-refractivity contribution is 7.09. The van der Waals surface area contributed by atoms with Gasteiger partial charge in [0.1, 0.15) is 23.8 Å². The lowest BCUT2D eigenvalue weighted by Crippen LogP contribution is -2.57. The van der Waals surface area contributed by atoms with Gasteiger partial charge in [0.05, 0.1) is 17.7 Å². The lowest BCUT2D eigenvalue weighted by molar-refractivity contribution is -0.142. The van der Waals surface area contributed by atoms with Crippen molar-refractivity contribution in [3.8, 4) is 0 Å². The molecule has 5 N–H and O–H groups in total. The maximum atomic E-state index is 14.3. The Balaban J connectivity index is 1.34. The van der Waals surface area contributed by atoms with E-state index in [4.69, 9.17) is 0 Å². The number of aromatic nitrogens is 2. The number of rotatable bonds is 5. The molecule has 0 unspecified atom stereocenters. The average Bonchev–Trinajstić information content (AvgIpc) is 3.81. The van der Waals surface area contributed by atoms with E-state index in [-0.39, 0.29) is 44.6 Å². The number of carbonyl (C=O) groups excluding carboxylic acids is 5. The molecule has 4 atom stereocenters. The van der Waals surface area contributed by atoms with E-state index in [1.54, 1.807) is 18.5 Å². The Morgan fingerprint density at radius 2 is 1.75 bits per heavy atom. The average molecular weight is 672 g/mol. The summed E-state index contributed by atoms with van der Waals surface area (Å²) in [5, 5.41) is 22.3. The van der Waals surface area contributed by atoms with E-state index >= 15 is 0 Å². The normalized spacial score (nSPS) is 22.8. The molecule has 4 aromatic rings. The summed E-state index contributed by atoms with van der Waals surface area (Å²) in [6.45, 7) is 1.21. The molecule has 4 heterocycles. The van der Waals surface area contributed by atoms with Gasteiger partial charge in [-0.2, -0.15) is 0 Å². The van der Waals surface area contributed by atoms with Crippen LogP contribution in [0.15, 0.2) is 66.2 Å².